The van der Waals surface area contributed by atoms with E-state index < -0.39 is 0 Å². The molecule has 2 bridgehead atoms. The second kappa shape index (κ2) is 8.50. The van der Waals surface area contributed by atoms with E-state index in [4.69, 9.17) is 17.3 Å². The number of hydrogen-bond acceptors (Lipinski definition) is 3. The molecule has 2 aliphatic carbocycles. The number of likely N-dealkylation sites (tertiary alicyclic amines) is 1. The third-order valence-electron chi connectivity index (χ3n) is 7.04. The van der Waals surface area contributed by atoms with Crippen molar-refractivity contribution < 1.29 is 4.79 Å². The number of fused-ring (bicyclic) bond motifs is 2. The molecule has 2 unspecified atom stereocenters. The molecule has 3 fully saturated rings. The minimum Gasteiger partial charge on any atom is -0.353 e. The van der Waals surface area contributed by atoms with Crippen molar-refractivity contribution in [2.45, 2.75) is 63.6 Å². The molecule has 4 rings (SSSR count). The van der Waals surface area contributed by atoms with Gasteiger partial charge in [0.2, 0.25) is 5.91 Å². The van der Waals surface area contributed by atoms with Gasteiger partial charge in [0.15, 0.2) is 0 Å². The van der Waals surface area contributed by atoms with Gasteiger partial charge in [-0.2, -0.15) is 0 Å². The first-order valence-electron chi connectivity index (χ1n) is 10.6. The lowest BCUT2D eigenvalue weighted by Crippen LogP contribution is -2.51. The van der Waals surface area contributed by atoms with Gasteiger partial charge in [-0.05, 0) is 68.1 Å². The van der Waals surface area contributed by atoms with E-state index in [2.05, 4.69) is 22.3 Å². The van der Waals surface area contributed by atoms with E-state index in [1.807, 2.05) is 12.1 Å². The topological polar surface area (TPSA) is 58.4 Å². The molecule has 0 spiro atoms. The lowest BCUT2D eigenvalue weighted by atomic mass is 9.65. The Kier molecular flexibility index (Phi) is 6.05. The van der Waals surface area contributed by atoms with Gasteiger partial charge in [0, 0.05) is 42.7 Å². The van der Waals surface area contributed by atoms with Gasteiger partial charge in [-0.3, -0.25) is 9.69 Å². The summed E-state index contributed by atoms with van der Waals surface area (Å²) in [5, 5.41) is 4.15. The smallest absolute Gasteiger partial charge is 0.223 e. The molecule has 1 saturated heterocycles. The molecule has 1 heterocycles. The standard InChI is InChI=1S/C22H32ClN3O/c23-19-6-4-15(5-7-19)14-26-10-8-20(9-11-26)25-22(27)18-12-16-2-1-3-17(13-18)21(16)24/h4-7,16-18,20-21H,1-3,8-14,24H2,(H,25,27). The van der Waals surface area contributed by atoms with Crippen LogP contribution in [0.1, 0.15) is 50.5 Å². The highest BCUT2D eigenvalue weighted by molar-refractivity contribution is 6.30. The third kappa shape index (κ3) is 4.67. The molecule has 0 aromatic heterocycles. The van der Waals surface area contributed by atoms with Crippen molar-refractivity contribution in [2.75, 3.05) is 13.1 Å². The van der Waals surface area contributed by atoms with Crippen LogP contribution in [0.2, 0.25) is 5.02 Å². The Hall–Kier alpha value is -1.10. The quantitative estimate of drug-likeness (QED) is 0.827. The van der Waals surface area contributed by atoms with E-state index >= 15 is 0 Å². The molecule has 1 aliphatic heterocycles. The zero-order valence-corrected chi connectivity index (χ0v) is 16.8. The highest BCUT2D eigenvalue weighted by Gasteiger charge is 2.40. The Bertz CT molecular complexity index is 627. The number of nitrogens with zero attached hydrogens (tertiary/aromatic N) is 1. The molecule has 1 aromatic carbocycles. The number of piperidine rings is 1. The monoisotopic (exact) mass is 389 g/mol. The zero-order chi connectivity index (χ0) is 18.8. The van der Waals surface area contributed by atoms with Crippen molar-refractivity contribution in [1.29, 1.82) is 0 Å². The number of nitrogens with two attached hydrogens (primary N) is 1. The van der Waals surface area contributed by atoms with Crippen molar-refractivity contribution in [3.05, 3.63) is 34.9 Å². The minimum absolute atomic E-state index is 0.187. The van der Waals surface area contributed by atoms with Crippen molar-refractivity contribution in [3.63, 3.8) is 0 Å². The first kappa shape index (κ1) is 19.2. The maximum atomic E-state index is 12.8. The number of halogens is 1. The molecular weight excluding hydrogens is 358 g/mol. The summed E-state index contributed by atoms with van der Waals surface area (Å²) in [5.41, 5.74) is 7.67. The third-order valence-corrected chi connectivity index (χ3v) is 7.29. The van der Waals surface area contributed by atoms with Crippen LogP contribution in [0.3, 0.4) is 0 Å². The number of rotatable bonds is 4. The first-order valence-corrected chi connectivity index (χ1v) is 11.0. The maximum absolute atomic E-state index is 12.8. The summed E-state index contributed by atoms with van der Waals surface area (Å²) in [7, 11) is 0. The molecule has 4 nitrogen and oxygen atoms in total. The van der Waals surface area contributed by atoms with Gasteiger partial charge in [-0.25, -0.2) is 0 Å². The van der Waals surface area contributed by atoms with Crippen molar-refractivity contribution >= 4 is 17.5 Å². The van der Waals surface area contributed by atoms with Crippen LogP contribution in [-0.4, -0.2) is 36.0 Å². The Balaban J connectivity index is 1.23. The van der Waals surface area contributed by atoms with Crippen LogP contribution in [0.25, 0.3) is 0 Å². The Morgan fingerprint density at radius 3 is 2.33 bits per heavy atom. The highest BCUT2D eigenvalue weighted by Crippen LogP contribution is 2.42. The van der Waals surface area contributed by atoms with E-state index in [0.29, 0.717) is 23.9 Å². The summed E-state index contributed by atoms with van der Waals surface area (Å²) in [5.74, 6) is 1.60. The summed E-state index contributed by atoms with van der Waals surface area (Å²) in [6.45, 7) is 3.03. The lowest BCUT2D eigenvalue weighted by Gasteiger charge is -2.44. The average Bonchev–Trinajstić information content (AvgIpc) is 2.65. The molecule has 27 heavy (non-hydrogen) atoms. The lowest BCUT2D eigenvalue weighted by molar-refractivity contribution is -0.129. The normalized spacial score (nSPS) is 32.2. The van der Waals surface area contributed by atoms with E-state index in [1.54, 1.807) is 0 Å². The van der Waals surface area contributed by atoms with Crippen molar-refractivity contribution in [3.8, 4) is 0 Å². The SMILES string of the molecule is NC1C2CCCC1CC(C(=O)NC1CCN(Cc3ccc(Cl)cc3)CC1)C2. The molecule has 0 radical (unpaired) electrons. The number of carbonyl (C=O) groups is 1. The van der Waals surface area contributed by atoms with Gasteiger partial charge in [0.05, 0.1) is 0 Å². The summed E-state index contributed by atoms with van der Waals surface area (Å²) in [4.78, 5) is 15.3. The Morgan fingerprint density at radius 1 is 1.07 bits per heavy atom. The second-order valence-corrected chi connectivity index (χ2v) is 9.32. The van der Waals surface area contributed by atoms with Gasteiger partial charge in [-0.15, -0.1) is 0 Å². The van der Waals surface area contributed by atoms with Gasteiger partial charge in [-0.1, -0.05) is 30.2 Å². The van der Waals surface area contributed by atoms with Gasteiger partial charge < -0.3 is 11.1 Å². The van der Waals surface area contributed by atoms with Crippen LogP contribution in [-0.2, 0) is 11.3 Å². The highest BCUT2D eigenvalue weighted by atomic mass is 35.5. The zero-order valence-electron chi connectivity index (χ0n) is 16.1. The van der Waals surface area contributed by atoms with E-state index in [-0.39, 0.29) is 11.8 Å². The molecular formula is C22H32ClN3O. The van der Waals surface area contributed by atoms with Crippen LogP contribution in [0.15, 0.2) is 24.3 Å². The van der Waals surface area contributed by atoms with Gasteiger partial charge >= 0.3 is 0 Å². The summed E-state index contributed by atoms with van der Waals surface area (Å²) < 4.78 is 0. The molecule has 2 saturated carbocycles. The molecule has 3 N–H and O–H groups in total. The van der Waals surface area contributed by atoms with E-state index in [9.17, 15) is 4.79 Å². The average molecular weight is 390 g/mol. The fraction of sp³-hybridized carbons (Fsp3) is 0.682. The fourth-order valence-electron chi connectivity index (χ4n) is 5.41. The van der Waals surface area contributed by atoms with Crippen molar-refractivity contribution in [2.24, 2.45) is 23.5 Å². The minimum atomic E-state index is 0.187. The van der Waals surface area contributed by atoms with E-state index in [0.717, 1.165) is 50.3 Å². The first-order chi connectivity index (χ1) is 13.1. The van der Waals surface area contributed by atoms with Crippen LogP contribution < -0.4 is 11.1 Å². The Morgan fingerprint density at radius 2 is 1.70 bits per heavy atom. The number of hydrogen-bond donors (Lipinski definition) is 2. The summed E-state index contributed by atoms with van der Waals surface area (Å²) in [6, 6.07) is 8.76. The maximum Gasteiger partial charge on any atom is 0.223 e. The largest absolute Gasteiger partial charge is 0.353 e. The number of carbonyl (C=O) groups excluding carboxylic acids is 1. The number of benzene rings is 1. The van der Waals surface area contributed by atoms with Crippen LogP contribution in [0, 0.1) is 17.8 Å². The number of amides is 1. The molecule has 2 atom stereocenters. The predicted molar refractivity (Wildman–Crippen MR) is 109 cm³/mol. The molecule has 1 aromatic rings. The Labute approximate surface area is 167 Å². The van der Waals surface area contributed by atoms with E-state index in [1.165, 1.54) is 24.8 Å². The molecule has 148 valence electrons. The van der Waals surface area contributed by atoms with Gasteiger partial charge in [0.1, 0.15) is 0 Å². The molecule has 5 heteroatoms. The van der Waals surface area contributed by atoms with Crippen LogP contribution >= 0.6 is 11.6 Å². The molecule has 1 amide bonds. The van der Waals surface area contributed by atoms with Crippen LogP contribution in [0.4, 0.5) is 0 Å². The number of nitrogens with one attached hydrogen (secondary N) is 1. The summed E-state index contributed by atoms with van der Waals surface area (Å²) >= 11 is 5.96. The summed E-state index contributed by atoms with van der Waals surface area (Å²) in [6.07, 6.45) is 7.80. The van der Waals surface area contributed by atoms with Gasteiger partial charge in [0.25, 0.3) is 0 Å². The second-order valence-electron chi connectivity index (χ2n) is 8.88. The predicted octanol–water partition coefficient (Wildman–Crippen LogP) is 3.57. The van der Waals surface area contributed by atoms with Crippen LogP contribution in [0.5, 0.6) is 0 Å². The fourth-order valence-corrected chi connectivity index (χ4v) is 5.53. The molecule has 3 aliphatic rings. The van der Waals surface area contributed by atoms with Crippen molar-refractivity contribution in [1.82, 2.24) is 10.2 Å².